The van der Waals surface area contributed by atoms with Crippen molar-refractivity contribution in [1.82, 2.24) is 5.32 Å². The second-order valence-electron chi connectivity index (χ2n) is 6.28. The van der Waals surface area contributed by atoms with Crippen molar-refractivity contribution in [2.24, 2.45) is 5.41 Å². The number of carbonyl (C=O) groups is 2. The maximum Gasteiger partial charge on any atom is 0.242 e. The number of hydrogen-bond acceptors (Lipinski definition) is 3. The summed E-state index contributed by atoms with van der Waals surface area (Å²) in [6, 6.07) is 16.9. The van der Waals surface area contributed by atoms with Gasteiger partial charge in [-0.1, -0.05) is 36.4 Å². The monoisotopic (exact) mass is 338 g/mol. The Morgan fingerprint density at radius 2 is 1.72 bits per heavy atom. The van der Waals surface area contributed by atoms with Crippen molar-refractivity contribution in [2.45, 2.75) is 19.4 Å². The zero-order chi connectivity index (χ0) is 17.9. The molecular weight excluding hydrogens is 316 g/mol. The highest BCUT2D eigenvalue weighted by atomic mass is 16.5. The number of ether oxygens (including phenoxy) is 1. The summed E-state index contributed by atoms with van der Waals surface area (Å²) < 4.78 is 5.30. The molecule has 5 heteroatoms. The number of anilines is 1. The Morgan fingerprint density at radius 3 is 2.36 bits per heavy atom. The van der Waals surface area contributed by atoms with Crippen LogP contribution in [0.3, 0.4) is 0 Å². The third kappa shape index (κ3) is 3.36. The van der Waals surface area contributed by atoms with Gasteiger partial charge in [0.25, 0.3) is 0 Å². The van der Waals surface area contributed by atoms with E-state index in [1.54, 1.807) is 19.1 Å². The Hall–Kier alpha value is -2.82. The lowest BCUT2D eigenvalue weighted by molar-refractivity contribution is -0.135. The molecule has 5 nitrogen and oxygen atoms in total. The van der Waals surface area contributed by atoms with Gasteiger partial charge in [-0.15, -0.1) is 0 Å². The molecule has 0 spiro atoms. The normalized spacial score (nSPS) is 14.5. The van der Waals surface area contributed by atoms with Crippen molar-refractivity contribution in [3.05, 3.63) is 60.2 Å². The van der Waals surface area contributed by atoms with Crippen LogP contribution in [0.5, 0.6) is 5.75 Å². The van der Waals surface area contributed by atoms with E-state index in [1.807, 2.05) is 54.6 Å². The number of carbonyl (C=O) groups excluding carboxylic acids is 2. The first-order valence-corrected chi connectivity index (χ1v) is 8.32. The lowest BCUT2D eigenvalue weighted by Crippen LogP contribution is -2.43. The van der Waals surface area contributed by atoms with Crippen molar-refractivity contribution in [3.63, 3.8) is 0 Å². The van der Waals surface area contributed by atoms with Crippen LogP contribution in [0.1, 0.15) is 18.4 Å². The number of benzene rings is 2. The molecule has 1 N–H and O–H groups in total. The first-order valence-electron chi connectivity index (χ1n) is 8.32. The molecule has 1 fully saturated rings. The summed E-state index contributed by atoms with van der Waals surface area (Å²) in [5.41, 5.74) is 0.737. The zero-order valence-electron chi connectivity index (χ0n) is 14.5. The molecule has 1 aliphatic rings. The molecule has 1 aliphatic carbocycles. The highest BCUT2D eigenvalue weighted by Crippen LogP contribution is 2.48. The summed E-state index contributed by atoms with van der Waals surface area (Å²) in [5.74, 6) is 0.350. The molecule has 1 saturated carbocycles. The van der Waals surface area contributed by atoms with Gasteiger partial charge in [0.15, 0.2) is 0 Å². The van der Waals surface area contributed by atoms with Crippen LogP contribution >= 0.6 is 0 Å². The van der Waals surface area contributed by atoms with Crippen LogP contribution in [0.15, 0.2) is 54.6 Å². The Morgan fingerprint density at radius 1 is 1.08 bits per heavy atom. The SMILES string of the molecule is COc1ccccc1CNC(=O)C1(C(=O)N(C)c2ccccc2)CC1. The third-order valence-electron chi connectivity index (χ3n) is 4.67. The molecule has 0 atom stereocenters. The molecule has 130 valence electrons. The minimum absolute atomic E-state index is 0.156. The second kappa shape index (κ2) is 6.97. The minimum atomic E-state index is -0.938. The van der Waals surface area contributed by atoms with Crippen molar-refractivity contribution >= 4 is 17.5 Å². The van der Waals surface area contributed by atoms with Gasteiger partial charge in [0.05, 0.1) is 7.11 Å². The first-order chi connectivity index (χ1) is 12.1. The molecule has 0 bridgehead atoms. The number of nitrogens with one attached hydrogen (secondary N) is 1. The predicted octanol–water partition coefficient (Wildman–Crippen LogP) is 2.75. The van der Waals surface area contributed by atoms with E-state index in [2.05, 4.69) is 5.32 Å². The van der Waals surface area contributed by atoms with Gasteiger partial charge < -0.3 is 15.0 Å². The molecule has 3 rings (SSSR count). The van der Waals surface area contributed by atoms with Crippen LogP contribution in [0.2, 0.25) is 0 Å². The summed E-state index contributed by atoms with van der Waals surface area (Å²) in [4.78, 5) is 27.1. The Kier molecular flexibility index (Phi) is 4.74. The van der Waals surface area contributed by atoms with Crippen molar-refractivity contribution in [3.8, 4) is 5.75 Å². The summed E-state index contributed by atoms with van der Waals surface area (Å²) in [7, 11) is 3.31. The fourth-order valence-corrected chi connectivity index (χ4v) is 2.95. The number of amides is 2. The van der Waals surface area contributed by atoms with Gasteiger partial charge in [-0.05, 0) is 31.0 Å². The summed E-state index contributed by atoms with van der Waals surface area (Å²) in [6.07, 6.45) is 1.17. The van der Waals surface area contributed by atoms with Gasteiger partial charge in [0.1, 0.15) is 11.2 Å². The average Bonchev–Trinajstić information content (AvgIpc) is 3.47. The maximum atomic E-state index is 12.8. The van der Waals surface area contributed by atoms with E-state index >= 15 is 0 Å². The Labute approximate surface area is 147 Å². The van der Waals surface area contributed by atoms with Crippen molar-refractivity contribution in [1.29, 1.82) is 0 Å². The average molecular weight is 338 g/mol. The van der Waals surface area contributed by atoms with Crippen LogP contribution < -0.4 is 15.0 Å². The minimum Gasteiger partial charge on any atom is -0.496 e. The molecule has 0 saturated heterocycles. The molecule has 0 aromatic heterocycles. The second-order valence-corrected chi connectivity index (χ2v) is 6.28. The highest BCUT2D eigenvalue weighted by molar-refractivity contribution is 6.13. The molecule has 0 heterocycles. The summed E-state index contributed by atoms with van der Waals surface area (Å²) >= 11 is 0. The van der Waals surface area contributed by atoms with Crippen LogP contribution in [0.25, 0.3) is 0 Å². The highest BCUT2D eigenvalue weighted by Gasteiger charge is 2.57. The fourth-order valence-electron chi connectivity index (χ4n) is 2.95. The third-order valence-corrected chi connectivity index (χ3v) is 4.67. The summed E-state index contributed by atoms with van der Waals surface area (Å²) in [5, 5.41) is 2.90. The van der Waals surface area contributed by atoms with E-state index < -0.39 is 5.41 Å². The van der Waals surface area contributed by atoms with E-state index in [0.717, 1.165) is 17.0 Å². The van der Waals surface area contributed by atoms with Gasteiger partial charge in [-0.2, -0.15) is 0 Å². The number of methoxy groups -OCH3 is 1. The van der Waals surface area contributed by atoms with Gasteiger partial charge >= 0.3 is 0 Å². The molecule has 2 aromatic carbocycles. The number of hydrogen-bond donors (Lipinski definition) is 1. The number of nitrogens with zero attached hydrogens (tertiary/aromatic N) is 1. The number of rotatable bonds is 6. The molecule has 0 aliphatic heterocycles. The molecule has 0 radical (unpaired) electrons. The maximum absolute atomic E-state index is 12.8. The smallest absolute Gasteiger partial charge is 0.242 e. The van der Waals surface area contributed by atoms with Crippen LogP contribution in [-0.4, -0.2) is 26.0 Å². The van der Waals surface area contributed by atoms with Gasteiger partial charge in [0, 0.05) is 24.8 Å². The quantitative estimate of drug-likeness (QED) is 0.824. The lowest BCUT2D eigenvalue weighted by atomic mass is 10.0. The van der Waals surface area contributed by atoms with Crippen molar-refractivity contribution in [2.75, 3.05) is 19.1 Å². The standard InChI is InChI=1S/C20H22N2O3/c1-22(16-9-4-3-5-10-16)19(24)20(12-13-20)18(23)21-14-15-8-6-7-11-17(15)25-2/h3-11H,12-14H2,1-2H3,(H,21,23). The van der Waals surface area contributed by atoms with E-state index in [9.17, 15) is 9.59 Å². The molecular formula is C20H22N2O3. The topological polar surface area (TPSA) is 58.6 Å². The largest absolute Gasteiger partial charge is 0.496 e. The molecule has 2 aromatic rings. The van der Waals surface area contributed by atoms with E-state index in [4.69, 9.17) is 4.74 Å². The first kappa shape index (κ1) is 17.0. The Bertz CT molecular complexity index is 770. The van der Waals surface area contributed by atoms with Crippen LogP contribution in [-0.2, 0) is 16.1 Å². The van der Waals surface area contributed by atoms with Crippen molar-refractivity contribution < 1.29 is 14.3 Å². The van der Waals surface area contributed by atoms with E-state index in [-0.39, 0.29) is 11.8 Å². The fraction of sp³-hybridized carbons (Fsp3) is 0.300. The van der Waals surface area contributed by atoms with E-state index in [1.165, 1.54) is 0 Å². The zero-order valence-corrected chi connectivity index (χ0v) is 14.5. The van der Waals surface area contributed by atoms with Crippen LogP contribution in [0, 0.1) is 5.41 Å². The van der Waals surface area contributed by atoms with Gasteiger partial charge in [-0.25, -0.2) is 0 Å². The molecule has 25 heavy (non-hydrogen) atoms. The number of para-hydroxylation sites is 2. The summed E-state index contributed by atoms with van der Waals surface area (Å²) in [6.45, 7) is 0.340. The molecule has 0 unspecified atom stereocenters. The van der Waals surface area contributed by atoms with Gasteiger partial charge in [-0.3, -0.25) is 9.59 Å². The Balaban J connectivity index is 1.68. The van der Waals surface area contributed by atoms with Crippen LogP contribution in [0.4, 0.5) is 5.69 Å². The molecule has 2 amide bonds. The predicted molar refractivity (Wildman–Crippen MR) is 96.4 cm³/mol. The van der Waals surface area contributed by atoms with E-state index in [0.29, 0.717) is 19.4 Å². The van der Waals surface area contributed by atoms with Gasteiger partial charge in [0.2, 0.25) is 11.8 Å². The lowest BCUT2D eigenvalue weighted by Gasteiger charge is -2.23.